The number of aromatic nitrogens is 1. The molecule has 6 heteroatoms. The summed E-state index contributed by atoms with van der Waals surface area (Å²) in [4.78, 5) is 13.7. The van der Waals surface area contributed by atoms with Crippen LogP contribution in [0.2, 0.25) is 0 Å². The molecular weight excluding hydrogens is 260 g/mol. The Bertz CT molecular complexity index is 239. The van der Waals surface area contributed by atoms with E-state index in [1.807, 2.05) is 22.6 Å². The molecule has 0 aliphatic carbocycles. The number of carboxylic acid groups (broad SMARTS) is 1. The molecule has 48 valence electrons. The van der Waals surface area contributed by atoms with Crippen molar-refractivity contribution >= 4 is 39.9 Å². The molecule has 1 heterocycles. The summed E-state index contributed by atoms with van der Waals surface area (Å²) in [6.07, 6.45) is 0. The molecule has 0 atom stereocenters. The summed E-state index contributed by atoms with van der Waals surface area (Å²) >= 11 is 3.02. The first-order valence-electron chi connectivity index (χ1n) is 2.02. The summed E-state index contributed by atoms with van der Waals surface area (Å²) in [5.41, 5.74) is 0. The average molecular weight is 261 g/mol. The fourth-order valence-electron chi connectivity index (χ4n) is 0.348. The van der Waals surface area contributed by atoms with Crippen molar-refractivity contribution < 1.29 is 28.8 Å². The summed E-state index contributed by atoms with van der Waals surface area (Å²) in [5, 5.41) is 11.7. The molecule has 0 amide bonds. The van der Waals surface area contributed by atoms with E-state index >= 15 is 0 Å². The first-order chi connectivity index (χ1) is 4.20. The molecule has 0 spiro atoms. The average Bonchev–Trinajstić information content (AvgIpc) is 2.14. The van der Waals surface area contributed by atoms with E-state index in [-0.39, 0.29) is 23.9 Å². The van der Waals surface area contributed by atoms with Crippen LogP contribution in [0.15, 0.2) is 5.38 Å². The van der Waals surface area contributed by atoms with E-state index in [0.717, 1.165) is 11.3 Å². The maximum absolute atomic E-state index is 10.0. The predicted molar refractivity (Wildman–Crippen MR) is 39.2 cm³/mol. The van der Waals surface area contributed by atoms with E-state index in [4.69, 9.17) is 0 Å². The van der Waals surface area contributed by atoms with Gasteiger partial charge in [0.05, 0.1) is 0 Å². The molecule has 0 unspecified atom stereocenters. The zero-order chi connectivity index (χ0) is 6.85. The van der Waals surface area contributed by atoms with Crippen LogP contribution in [0.3, 0.4) is 0 Å². The Balaban J connectivity index is 0.000000810. The number of nitrogens with zero attached hydrogens (tertiary/aromatic N) is 1. The molecule has 0 aromatic carbocycles. The van der Waals surface area contributed by atoms with Crippen molar-refractivity contribution in [2.45, 2.75) is 0 Å². The summed E-state index contributed by atoms with van der Waals surface area (Å²) in [6, 6.07) is 0. The van der Waals surface area contributed by atoms with Crippen molar-refractivity contribution in [1.29, 1.82) is 0 Å². The van der Waals surface area contributed by atoms with E-state index < -0.39 is 5.97 Å². The van der Waals surface area contributed by atoms with Crippen molar-refractivity contribution in [3.63, 3.8) is 0 Å². The monoisotopic (exact) mass is 261 g/mol. The van der Waals surface area contributed by atoms with Crippen LogP contribution in [0.4, 0.5) is 0 Å². The van der Waals surface area contributed by atoms with Gasteiger partial charge >= 0.3 is 18.9 Å². The molecule has 3 nitrogen and oxygen atoms in total. The van der Waals surface area contributed by atoms with Gasteiger partial charge in [-0.25, -0.2) is 4.98 Å². The molecule has 0 aliphatic rings. The minimum atomic E-state index is -1.21. The zero-order valence-corrected chi connectivity index (χ0v) is 8.10. The molecule has 1 aromatic heterocycles. The van der Waals surface area contributed by atoms with E-state index in [1.165, 1.54) is 0 Å². The van der Waals surface area contributed by atoms with Gasteiger partial charge in [-0.3, -0.25) is 0 Å². The van der Waals surface area contributed by atoms with Gasteiger partial charge in [-0.15, -0.1) is 11.3 Å². The molecule has 1 rings (SSSR count). The summed E-state index contributed by atoms with van der Waals surface area (Å²) < 4.78 is 0.691. The van der Waals surface area contributed by atoms with Crippen molar-refractivity contribution in [1.82, 2.24) is 4.98 Å². The first kappa shape index (κ1) is 10.4. The van der Waals surface area contributed by atoms with Crippen LogP contribution in [-0.2, 0) is 0 Å². The molecule has 0 fully saturated rings. The minimum Gasteiger partial charge on any atom is -0.542 e. The fraction of sp³-hybridized carbons (Fsp3) is 0. The predicted octanol–water partition coefficient (Wildman–Crippen LogP) is -2.88. The van der Waals surface area contributed by atoms with E-state index in [0.29, 0.717) is 3.70 Å². The van der Waals surface area contributed by atoms with Crippen LogP contribution in [-0.4, -0.2) is 11.0 Å². The van der Waals surface area contributed by atoms with Crippen molar-refractivity contribution in [3.05, 3.63) is 14.1 Å². The maximum Gasteiger partial charge on any atom is 1.00 e. The van der Waals surface area contributed by atoms with E-state index in [9.17, 15) is 9.90 Å². The normalized spacial score (nSPS) is 8.50. The van der Waals surface area contributed by atoms with Gasteiger partial charge in [0.15, 0.2) is 0 Å². The zero-order valence-electron chi connectivity index (χ0n) is 5.13. The second-order valence-electron chi connectivity index (χ2n) is 1.26. The van der Waals surface area contributed by atoms with Crippen LogP contribution < -0.4 is 24.0 Å². The molecule has 0 saturated heterocycles. The Morgan fingerprint density at radius 3 is 2.60 bits per heavy atom. The second kappa shape index (κ2) is 4.34. The van der Waals surface area contributed by atoms with Crippen LogP contribution in [0.25, 0.3) is 0 Å². The number of carboxylic acids is 1. The third-order valence-corrected chi connectivity index (χ3v) is 2.45. The molecular formula is C4HILiNO2S. The van der Waals surface area contributed by atoms with Gasteiger partial charge in [0, 0.05) is 5.38 Å². The molecule has 0 saturated carbocycles. The Hall–Kier alpha value is 0.427. The second-order valence-corrected chi connectivity index (χ2v) is 3.23. The van der Waals surface area contributed by atoms with Crippen molar-refractivity contribution in [3.8, 4) is 0 Å². The largest absolute Gasteiger partial charge is 1.00 e. The number of aromatic carboxylic acids is 1. The van der Waals surface area contributed by atoms with Gasteiger partial charge in [-0.05, 0) is 22.6 Å². The Kier molecular flexibility index (Phi) is 4.52. The first-order valence-corrected chi connectivity index (χ1v) is 3.98. The third-order valence-electron chi connectivity index (χ3n) is 0.651. The van der Waals surface area contributed by atoms with Crippen molar-refractivity contribution in [2.24, 2.45) is 0 Å². The molecule has 0 N–H and O–H groups in total. The molecule has 1 aromatic rings. The van der Waals surface area contributed by atoms with Gasteiger partial charge < -0.3 is 9.90 Å². The number of halogens is 1. The summed E-state index contributed by atoms with van der Waals surface area (Å²) in [7, 11) is 0. The van der Waals surface area contributed by atoms with Gasteiger partial charge in [-0.2, -0.15) is 0 Å². The minimum absolute atomic E-state index is 0. The van der Waals surface area contributed by atoms with Crippen LogP contribution in [0, 0.1) is 3.70 Å². The van der Waals surface area contributed by atoms with Gasteiger partial charge in [0.25, 0.3) is 0 Å². The van der Waals surface area contributed by atoms with Crippen LogP contribution in [0.1, 0.15) is 9.80 Å². The SMILES string of the molecule is O=C([O-])c1nc(I)cs1.[Li+]. The van der Waals surface area contributed by atoms with Crippen LogP contribution in [0.5, 0.6) is 0 Å². The molecule has 0 aliphatic heterocycles. The van der Waals surface area contributed by atoms with Gasteiger partial charge in [-0.1, -0.05) is 0 Å². The summed E-state index contributed by atoms with van der Waals surface area (Å²) in [6.45, 7) is 0. The van der Waals surface area contributed by atoms with Gasteiger partial charge in [0.2, 0.25) is 0 Å². The Morgan fingerprint density at radius 2 is 2.40 bits per heavy atom. The Labute approximate surface area is 87.2 Å². The number of hydrogen-bond acceptors (Lipinski definition) is 4. The topological polar surface area (TPSA) is 53.0 Å². The molecule has 0 radical (unpaired) electrons. The molecule has 10 heavy (non-hydrogen) atoms. The standard InChI is InChI=1S/C4H2INO2S.Li/c5-2-1-9-3(6-2)4(7)8;/h1H,(H,7,8);/q;+1/p-1. The van der Waals surface area contributed by atoms with Crippen molar-refractivity contribution in [2.75, 3.05) is 0 Å². The van der Waals surface area contributed by atoms with E-state index in [1.54, 1.807) is 5.38 Å². The fourth-order valence-corrected chi connectivity index (χ4v) is 1.64. The number of carbonyl (C=O) groups is 1. The van der Waals surface area contributed by atoms with Crippen LogP contribution >= 0.6 is 33.9 Å². The number of thiazole rings is 1. The maximum atomic E-state index is 10.0. The summed E-state index contributed by atoms with van der Waals surface area (Å²) in [5.74, 6) is -1.21. The molecule has 0 bridgehead atoms. The smallest absolute Gasteiger partial charge is 0.542 e. The number of hydrogen-bond donors (Lipinski definition) is 0. The quantitative estimate of drug-likeness (QED) is 0.403. The number of rotatable bonds is 1. The third kappa shape index (κ3) is 2.58. The number of carbonyl (C=O) groups excluding carboxylic acids is 1. The van der Waals surface area contributed by atoms with E-state index in [2.05, 4.69) is 4.98 Å². The Morgan fingerprint density at radius 1 is 1.80 bits per heavy atom. The van der Waals surface area contributed by atoms with Gasteiger partial charge in [0.1, 0.15) is 14.7 Å².